The third-order valence-corrected chi connectivity index (χ3v) is 7.02. The highest BCUT2D eigenvalue weighted by atomic mass is 16.2. The molecule has 1 atom stereocenters. The molecule has 1 N–H and O–H groups in total. The second kappa shape index (κ2) is 6.66. The zero-order chi connectivity index (χ0) is 16.6. The van der Waals surface area contributed by atoms with E-state index in [0.717, 1.165) is 70.7 Å². The summed E-state index contributed by atoms with van der Waals surface area (Å²) < 4.78 is 0. The lowest BCUT2D eigenvalue weighted by atomic mass is 9.76. The Labute approximate surface area is 145 Å². The molecule has 0 bridgehead atoms. The van der Waals surface area contributed by atoms with Crippen LogP contribution in [-0.4, -0.2) is 60.4 Å². The summed E-state index contributed by atoms with van der Waals surface area (Å²) in [5, 5.41) is 3.00. The van der Waals surface area contributed by atoms with Gasteiger partial charge in [-0.25, -0.2) is 0 Å². The van der Waals surface area contributed by atoms with Gasteiger partial charge in [0.25, 0.3) is 0 Å². The van der Waals surface area contributed by atoms with E-state index in [9.17, 15) is 9.59 Å². The molecule has 0 radical (unpaired) electrons. The summed E-state index contributed by atoms with van der Waals surface area (Å²) >= 11 is 0. The van der Waals surface area contributed by atoms with Gasteiger partial charge in [0.2, 0.25) is 11.8 Å². The number of rotatable bonds is 3. The summed E-state index contributed by atoms with van der Waals surface area (Å²) in [6, 6.07) is 0.0865. The van der Waals surface area contributed by atoms with Gasteiger partial charge >= 0.3 is 0 Å². The normalized spacial score (nSPS) is 30.6. The van der Waals surface area contributed by atoms with Gasteiger partial charge in [-0.2, -0.15) is 0 Å². The molecule has 1 spiro atoms. The predicted octanol–water partition coefficient (Wildman–Crippen LogP) is 1.77. The van der Waals surface area contributed by atoms with E-state index in [1.165, 1.54) is 25.7 Å². The molecule has 4 rings (SSSR count). The highest BCUT2D eigenvalue weighted by molar-refractivity contribution is 5.83. The second-order valence-electron chi connectivity index (χ2n) is 8.55. The minimum Gasteiger partial charge on any atom is -0.353 e. The minimum absolute atomic E-state index is 0.0865. The molecule has 24 heavy (non-hydrogen) atoms. The molecule has 1 saturated carbocycles. The number of piperidine rings is 1. The molecule has 0 aromatic rings. The molecular formula is C19H31N3O2. The Hall–Kier alpha value is -1.10. The van der Waals surface area contributed by atoms with E-state index >= 15 is 0 Å². The zero-order valence-corrected chi connectivity index (χ0v) is 14.8. The van der Waals surface area contributed by atoms with Gasteiger partial charge in [0.05, 0.1) is 6.04 Å². The molecule has 2 amide bonds. The molecule has 134 valence electrons. The summed E-state index contributed by atoms with van der Waals surface area (Å²) in [4.78, 5) is 29.0. The van der Waals surface area contributed by atoms with Crippen molar-refractivity contribution in [2.24, 2.45) is 11.3 Å². The molecule has 5 heteroatoms. The van der Waals surface area contributed by atoms with E-state index in [2.05, 4.69) is 15.1 Å². The topological polar surface area (TPSA) is 52.7 Å². The number of nitrogens with one attached hydrogen (secondary N) is 1. The van der Waals surface area contributed by atoms with Gasteiger partial charge in [0.1, 0.15) is 0 Å². The Morgan fingerprint density at radius 1 is 1.17 bits per heavy atom. The number of carbonyl (C=O) groups excluding carboxylic acids is 2. The second-order valence-corrected chi connectivity index (χ2v) is 8.55. The lowest BCUT2D eigenvalue weighted by Crippen LogP contribution is -2.52. The summed E-state index contributed by atoms with van der Waals surface area (Å²) in [5.74, 6) is 1.38. The zero-order valence-electron chi connectivity index (χ0n) is 14.8. The SMILES string of the molecule is O=C1NCCN2CC3(CCN(C(=O)CCC4CCCC4)CC3)C[C@@H]12. The number of hydrogen-bond donors (Lipinski definition) is 1. The van der Waals surface area contributed by atoms with Crippen LogP contribution in [0.3, 0.4) is 0 Å². The first kappa shape index (κ1) is 16.4. The third kappa shape index (κ3) is 3.19. The smallest absolute Gasteiger partial charge is 0.237 e. The van der Waals surface area contributed by atoms with E-state index in [4.69, 9.17) is 0 Å². The predicted molar refractivity (Wildman–Crippen MR) is 92.4 cm³/mol. The van der Waals surface area contributed by atoms with Crippen LogP contribution < -0.4 is 5.32 Å². The van der Waals surface area contributed by atoms with Crippen LogP contribution in [0.15, 0.2) is 0 Å². The van der Waals surface area contributed by atoms with Crippen molar-refractivity contribution in [1.82, 2.24) is 15.1 Å². The van der Waals surface area contributed by atoms with Gasteiger partial charge in [-0.05, 0) is 37.0 Å². The van der Waals surface area contributed by atoms with Crippen LogP contribution >= 0.6 is 0 Å². The number of fused-ring (bicyclic) bond motifs is 1. The molecule has 3 heterocycles. The lowest BCUT2D eigenvalue weighted by Gasteiger charge is -2.39. The highest BCUT2D eigenvalue weighted by Crippen LogP contribution is 2.44. The number of nitrogens with zero attached hydrogens (tertiary/aromatic N) is 2. The van der Waals surface area contributed by atoms with E-state index in [-0.39, 0.29) is 17.4 Å². The Balaban J connectivity index is 1.27. The Bertz CT molecular complexity index is 493. The fourth-order valence-electron chi connectivity index (χ4n) is 5.46. The number of piperazine rings is 1. The van der Waals surface area contributed by atoms with E-state index in [0.29, 0.717) is 5.91 Å². The fraction of sp³-hybridized carbons (Fsp3) is 0.895. The molecule has 0 unspecified atom stereocenters. The molecule has 5 nitrogen and oxygen atoms in total. The molecule has 0 aromatic heterocycles. The average Bonchev–Trinajstić information content (AvgIpc) is 3.22. The van der Waals surface area contributed by atoms with Crippen molar-refractivity contribution >= 4 is 11.8 Å². The maximum absolute atomic E-state index is 12.5. The Kier molecular flexibility index (Phi) is 4.54. The Morgan fingerprint density at radius 2 is 1.92 bits per heavy atom. The van der Waals surface area contributed by atoms with Crippen molar-refractivity contribution in [3.63, 3.8) is 0 Å². The maximum Gasteiger partial charge on any atom is 0.237 e. The first-order valence-corrected chi connectivity index (χ1v) is 9.95. The molecular weight excluding hydrogens is 302 g/mol. The van der Waals surface area contributed by atoms with E-state index < -0.39 is 0 Å². The van der Waals surface area contributed by atoms with Crippen molar-refractivity contribution in [2.75, 3.05) is 32.7 Å². The fourth-order valence-corrected chi connectivity index (χ4v) is 5.46. The van der Waals surface area contributed by atoms with Gasteiger partial charge < -0.3 is 10.2 Å². The quantitative estimate of drug-likeness (QED) is 0.856. The minimum atomic E-state index is 0.0865. The molecule has 4 aliphatic rings. The van der Waals surface area contributed by atoms with E-state index in [1.807, 2.05) is 0 Å². The number of carbonyl (C=O) groups is 2. The first-order chi connectivity index (χ1) is 11.7. The van der Waals surface area contributed by atoms with Gasteiger partial charge in [0.15, 0.2) is 0 Å². The van der Waals surface area contributed by atoms with Gasteiger partial charge in [-0.3, -0.25) is 14.5 Å². The van der Waals surface area contributed by atoms with Gasteiger partial charge in [-0.1, -0.05) is 25.7 Å². The van der Waals surface area contributed by atoms with Gasteiger partial charge in [0, 0.05) is 39.1 Å². The van der Waals surface area contributed by atoms with E-state index in [1.54, 1.807) is 0 Å². The first-order valence-electron chi connectivity index (χ1n) is 9.95. The summed E-state index contributed by atoms with van der Waals surface area (Å²) in [7, 11) is 0. The van der Waals surface area contributed by atoms with Crippen LogP contribution in [-0.2, 0) is 9.59 Å². The van der Waals surface area contributed by atoms with Gasteiger partial charge in [-0.15, -0.1) is 0 Å². The summed E-state index contributed by atoms with van der Waals surface area (Å²) in [6.45, 7) is 4.62. The van der Waals surface area contributed by atoms with Crippen molar-refractivity contribution in [2.45, 2.75) is 63.8 Å². The van der Waals surface area contributed by atoms with Crippen LogP contribution in [0.25, 0.3) is 0 Å². The Morgan fingerprint density at radius 3 is 2.62 bits per heavy atom. The number of hydrogen-bond acceptors (Lipinski definition) is 3. The van der Waals surface area contributed by atoms with Crippen molar-refractivity contribution < 1.29 is 9.59 Å². The van der Waals surface area contributed by atoms with Crippen LogP contribution in [0.4, 0.5) is 0 Å². The number of likely N-dealkylation sites (tertiary alicyclic amines) is 1. The van der Waals surface area contributed by atoms with Crippen molar-refractivity contribution in [1.29, 1.82) is 0 Å². The van der Waals surface area contributed by atoms with Crippen molar-refractivity contribution in [3.8, 4) is 0 Å². The molecule has 4 fully saturated rings. The molecule has 1 aliphatic carbocycles. The lowest BCUT2D eigenvalue weighted by molar-refractivity contribution is -0.134. The highest BCUT2D eigenvalue weighted by Gasteiger charge is 2.49. The van der Waals surface area contributed by atoms with Crippen LogP contribution in [0, 0.1) is 11.3 Å². The van der Waals surface area contributed by atoms with Crippen LogP contribution in [0.5, 0.6) is 0 Å². The van der Waals surface area contributed by atoms with Crippen LogP contribution in [0.2, 0.25) is 0 Å². The third-order valence-electron chi connectivity index (χ3n) is 7.02. The summed E-state index contributed by atoms with van der Waals surface area (Å²) in [5.41, 5.74) is 0.272. The van der Waals surface area contributed by atoms with Crippen LogP contribution in [0.1, 0.15) is 57.8 Å². The monoisotopic (exact) mass is 333 g/mol. The molecule has 0 aromatic carbocycles. The average molecular weight is 333 g/mol. The largest absolute Gasteiger partial charge is 0.353 e. The summed E-state index contributed by atoms with van der Waals surface area (Å²) in [6.07, 6.45) is 10.3. The molecule has 3 saturated heterocycles. The number of amides is 2. The molecule has 3 aliphatic heterocycles. The maximum atomic E-state index is 12.5. The van der Waals surface area contributed by atoms with Crippen molar-refractivity contribution in [3.05, 3.63) is 0 Å². The standard InChI is InChI=1S/C19H31N3O2/c23-17(6-5-15-3-1-2-4-15)21-10-7-19(8-11-21)13-16-18(24)20-9-12-22(16)14-19/h15-16H,1-14H2,(H,20,24)/t16-/m0/s1.